The van der Waals surface area contributed by atoms with Gasteiger partial charge < -0.3 is 14.7 Å². The van der Waals surface area contributed by atoms with Crippen molar-refractivity contribution in [3.05, 3.63) is 24.5 Å². The zero-order valence-electron chi connectivity index (χ0n) is 16.3. The van der Waals surface area contributed by atoms with Crippen LogP contribution in [0, 0.1) is 5.92 Å². The third kappa shape index (κ3) is 7.09. The highest BCUT2D eigenvalue weighted by Gasteiger charge is 2.51. The topological polar surface area (TPSA) is 79.7 Å². The number of carboxylic acid groups (broad SMARTS) is 1. The molecule has 29 heavy (non-hydrogen) atoms. The molecule has 1 amide bonds. The second kappa shape index (κ2) is 9.69. The number of hydrogen-bond acceptors (Lipinski definition) is 5. The van der Waals surface area contributed by atoms with Crippen molar-refractivity contribution in [3.8, 4) is 5.75 Å². The molecular weight excluding hydrogens is 409 g/mol. The van der Waals surface area contributed by atoms with E-state index in [9.17, 15) is 18.0 Å². The molecule has 0 aromatic carbocycles. The van der Waals surface area contributed by atoms with Gasteiger partial charge in [-0.25, -0.2) is 4.79 Å². The Morgan fingerprint density at radius 2 is 2.07 bits per heavy atom. The molecule has 1 unspecified atom stereocenters. The summed E-state index contributed by atoms with van der Waals surface area (Å²) in [5.41, 5.74) is 0. The third-order valence-corrected chi connectivity index (χ3v) is 6.18. The Morgan fingerprint density at radius 3 is 2.59 bits per heavy atom. The molecule has 0 radical (unpaired) electrons. The van der Waals surface area contributed by atoms with Crippen LogP contribution in [0.1, 0.15) is 33.1 Å². The maximum absolute atomic E-state index is 12.1. The van der Waals surface area contributed by atoms with Crippen LogP contribution in [0.25, 0.3) is 0 Å². The largest absolute Gasteiger partial charge is 0.490 e. The summed E-state index contributed by atoms with van der Waals surface area (Å²) in [4.78, 5) is 27.1. The molecule has 1 N–H and O–H groups in total. The smallest absolute Gasteiger partial charge is 0.488 e. The van der Waals surface area contributed by atoms with E-state index in [1.54, 1.807) is 12.4 Å². The first kappa shape index (κ1) is 23.3. The number of halogens is 3. The van der Waals surface area contributed by atoms with Crippen LogP contribution in [0.15, 0.2) is 24.5 Å². The van der Waals surface area contributed by atoms with Gasteiger partial charge in [0.1, 0.15) is 11.9 Å². The molecule has 162 valence electrons. The van der Waals surface area contributed by atoms with Crippen molar-refractivity contribution in [2.24, 2.45) is 5.92 Å². The summed E-state index contributed by atoms with van der Waals surface area (Å²) >= 11 is 1.97. The number of ether oxygens (including phenoxy) is 1. The normalized spacial score (nSPS) is 20.1. The van der Waals surface area contributed by atoms with Crippen LogP contribution in [-0.4, -0.2) is 62.7 Å². The van der Waals surface area contributed by atoms with Gasteiger partial charge in [0, 0.05) is 37.9 Å². The lowest BCUT2D eigenvalue weighted by Gasteiger charge is -2.47. The number of aliphatic carboxylic acids is 1. The lowest BCUT2D eigenvalue weighted by atomic mass is 9.92. The fourth-order valence-electron chi connectivity index (χ4n) is 3.10. The van der Waals surface area contributed by atoms with Crippen LogP contribution in [0.3, 0.4) is 0 Å². The number of thioether (sulfide) groups is 1. The van der Waals surface area contributed by atoms with Gasteiger partial charge in [0.2, 0.25) is 5.91 Å². The Hall–Kier alpha value is -1.97. The third-order valence-electron chi connectivity index (χ3n) is 4.60. The number of alkyl halides is 3. The highest BCUT2D eigenvalue weighted by atomic mass is 32.2. The number of amides is 1. The number of carboxylic acids is 1. The molecule has 2 saturated heterocycles. The van der Waals surface area contributed by atoms with Gasteiger partial charge in [0.05, 0.1) is 10.9 Å². The van der Waals surface area contributed by atoms with Crippen molar-refractivity contribution in [3.63, 3.8) is 0 Å². The summed E-state index contributed by atoms with van der Waals surface area (Å²) in [6.45, 7) is 6.11. The second-order valence-electron chi connectivity index (χ2n) is 7.61. The van der Waals surface area contributed by atoms with E-state index in [0.29, 0.717) is 18.2 Å². The minimum Gasteiger partial charge on any atom is -0.488 e. The zero-order valence-corrected chi connectivity index (χ0v) is 17.1. The number of likely N-dealkylation sites (tertiary alicyclic amines) is 1. The SMILES string of the molecule is CC(C)CCC(=O)N1CC2(CC(Oc3cccnc3)CS2)C1.O=C(O)C(F)(F)F. The average molecular weight is 434 g/mol. The summed E-state index contributed by atoms with van der Waals surface area (Å²) < 4.78 is 38.0. The Morgan fingerprint density at radius 1 is 1.41 bits per heavy atom. The summed E-state index contributed by atoms with van der Waals surface area (Å²) in [6, 6.07) is 3.84. The summed E-state index contributed by atoms with van der Waals surface area (Å²) in [5.74, 6) is -0.00109. The molecular formula is C19H25F3N2O4S. The van der Waals surface area contributed by atoms with Gasteiger partial charge in [-0.05, 0) is 24.5 Å². The number of aromatic nitrogens is 1. The van der Waals surface area contributed by atoms with E-state index >= 15 is 0 Å². The van der Waals surface area contributed by atoms with Gasteiger partial charge in [-0.1, -0.05) is 13.8 Å². The van der Waals surface area contributed by atoms with E-state index in [1.807, 2.05) is 28.8 Å². The number of pyridine rings is 1. The molecule has 6 nitrogen and oxygen atoms in total. The molecule has 3 rings (SSSR count). The van der Waals surface area contributed by atoms with Crippen LogP contribution in [0.2, 0.25) is 0 Å². The van der Waals surface area contributed by atoms with Crippen LogP contribution in [0.4, 0.5) is 13.2 Å². The quantitative estimate of drug-likeness (QED) is 0.763. The molecule has 3 heterocycles. The van der Waals surface area contributed by atoms with Crippen molar-refractivity contribution in [1.82, 2.24) is 9.88 Å². The van der Waals surface area contributed by atoms with Crippen LogP contribution >= 0.6 is 11.8 Å². The first-order chi connectivity index (χ1) is 13.5. The molecule has 0 saturated carbocycles. The number of rotatable bonds is 5. The maximum atomic E-state index is 12.1. The van der Waals surface area contributed by atoms with Crippen LogP contribution in [0.5, 0.6) is 5.75 Å². The molecule has 2 aliphatic heterocycles. The minimum atomic E-state index is -5.08. The summed E-state index contributed by atoms with van der Waals surface area (Å²) in [5, 5.41) is 7.12. The summed E-state index contributed by atoms with van der Waals surface area (Å²) in [7, 11) is 0. The molecule has 1 atom stereocenters. The van der Waals surface area contributed by atoms with Crippen molar-refractivity contribution in [1.29, 1.82) is 0 Å². The molecule has 1 spiro atoms. The van der Waals surface area contributed by atoms with Gasteiger partial charge in [-0.3, -0.25) is 9.78 Å². The van der Waals surface area contributed by atoms with E-state index < -0.39 is 12.1 Å². The Bertz CT molecular complexity index is 694. The van der Waals surface area contributed by atoms with E-state index in [4.69, 9.17) is 14.6 Å². The van der Waals surface area contributed by atoms with Crippen molar-refractivity contribution in [2.45, 2.75) is 50.1 Å². The van der Waals surface area contributed by atoms with Crippen molar-refractivity contribution in [2.75, 3.05) is 18.8 Å². The van der Waals surface area contributed by atoms with Gasteiger partial charge >= 0.3 is 12.1 Å². The van der Waals surface area contributed by atoms with Crippen LogP contribution < -0.4 is 4.74 Å². The molecule has 1 aromatic rings. The fraction of sp³-hybridized carbons (Fsp3) is 0.632. The Labute approximate surface area is 171 Å². The highest BCUT2D eigenvalue weighted by Crippen LogP contribution is 2.46. The first-order valence-corrected chi connectivity index (χ1v) is 10.3. The Kier molecular flexibility index (Phi) is 7.79. The van der Waals surface area contributed by atoms with Gasteiger partial charge in [0.25, 0.3) is 0 Å². The predicted octanol–water partition coefficient (Wildman–Crippen LogP) is 3.62. The monoisotopic (exact) mass is 434 g/mol. The minimum absolute atomic E-state index is 0.236. The van der Waals surface area contributed by atoms with E-state index in [-0.39, 0.29) is 10.9 Å². The standard InChI is InChI=1S/C17H24N2O2S.C2HF3O2/c1-13(2)5-6-16(20)19-11-17(12-19)8-15(10-22-17)21-14-4-3-7-18-9-14;3-2(4,5)1(6)7/h3-4,7,9,13,15H,5-6,8,10-12H2,1-2H3;(H,6,7). The fourth-order valence-corrected chi connectivity index (χ4v) is 4.63. The predicted molar refractivity (Wildman–Crippen MR) is 103 cm³/mol. The van der Waals surface area contributed by atoms with Crippen molar-refractivity contribution >= 4 is 23.6 Å². The maximum Gasteiger partial charge on any atom is 0.490 e. The average Bonchev–Trinajstić information content (AvgIpc) is 3.03. The summed E-state index contributed by atoms with van der Waals surface area (Å²) in [6.07, 6.45) is 1.38. The number of nitrogens with zero attached hydrogens (tertiary/aromatic N) is 2. The molecule has 0 aliphatic carbocycles. The molecule has 2 aliphatic rings. The van der Waals surface area contributed by atoms with E-state index in [1.165, 1.54) is 0 Å². The molecule has 0 bridgehead atoms. The second-order valence-corrected chi connectivity index (χ2v) is 9.10. The Balaban J connectivity index is 0.000000370. The number of carbonyl (C=O) groups is 2. The molecule has 1 aromatic heterocycles. The number of carbonyl (C=O) groups excluding carboxylic acids is 1. The lowest BCUT2D eigenvalue weighted by Crippen LogP contribution is -2.60. The van der Waals surface area contributed by atoms with Crippen molar-refractivity contribution < 1.29 is 32.6 Å². The van der Waals surface area contributed by atoms with Crippen LogP contribution in [-0.2, 0) is 9.59 Å². The highest BCUT2D eigenvalue weighted by molar-refractivity contribution is 8.01. The zero-order chi connectivity index (χ0) is 21.7. The lowest BCUT2D eigenvalue weighted by molar-refractivity contribution is -0.192. The van der Waals surface area contributed by atoms with Gasteiger partial charge in [-0.15, -0.1) is 11.8 Å². The van der Waals surface area contributed by atoms with E-state index in [2.05, 4.69) is 18.8 Å². The molecule has 10 heteroatoms. The number of hydrogen-bond donors (Lipinski definition) is 1. The first-order valence-electron chi connectivity index (χ1n) is 9.29. The van der Waals surface area contributed by atoms with Gasteiger partial charge in [-0.2, -0.15) is 13.2 Å². The van der Waals surface area contributed by atoms with E-state index in [0.717, 1.165) is 37.4 Å². The van der Waals surface area contributed by atoms with Gasteiger partial charge in [0.15, 0.2) is 0 Å². The molecule has 2 fully saturated rings.